The molecule has 0 spiro atoms. The van der Waals surface area contributed by atoms with Crippen LogP contribution in [-0.2, 0) is 6.42 Å². The second kappa shape index (κ2) is 8.43. The number of hydrogen-bond acceptors (Lipinski definition) is 2. The molecule has 2 rings (SSSR count). The third-order valence-corrected chi connectivity index (χ3v) is 4.88. The molecule has 1 heterocycles. The highest BCUT2D eigenvalue weighted by molar-refractivity contribution is 5.48. The normalized spacial score (nSPS) is 21.1. The average molecular weight is 288 g/mol. The predicted molar refractivity (Wildman–Crippen MR) is 93.1 cm³/mol. The van der Waals surface area contributed by atoms with E-state index in [4.69, 9.17) is 0 Å². The van der Waals surface area contributed by atoms with Gasteiger partial charge in [0, 0.05) is 24.8 Å². The van der Waals surface area contributed by atoms with Gasteiger partial charge in [0.05, 0.1) is 0 Å². The lowest BCUT2D eigenvalue weighted by molar-refractivity contribution is 0.384. The van der Waals surface area contributed by atoms with Crippen LogP contribution in [0.5, 0.6) is 0 Å². The Morgan fingerprint density at radius 3 is 2.67 bits per heavy atom. The summed E-state index contributed by atoms with van der Waals surface area (Å²) < 4.78 is 0. The van der Waals surface area contributed by atoms with Gasteiger partial charge in [-0.15, -0.1) is 0 Å². The number of rotatable bonds is 6. The summed E-state index contributed by atoms with van der Waals surface area (Å²) in [5.74, 6) is 0.745. The van der Waals surface area contributed by atoms with Crippen molar-refractivity contribution < 1.29 is 0 Å². The molecule has 2 nitrogen and oxygen atoms in total. The number of nitrogens with one attached hydrogen (secondary N) is 1. The molecule has 0 radical (unpaired) electrons. The lowest BCUT2D eigenvalue weighted by atomic mass is 9.98. The summed E-state index contributed by atoms with van der Waals surface area (Å²) in [7, 11) is 0. The van der Waals surface area contributed by atoms with Crippen LogP contribution in [-0.4, -0.2) is 25.7 Å². The summed E-state index contributed by atoms with van der Waals surface area (Å²) in [6.45, 7) is 10.4. The van der Waals surface area contributed by atoms with Crippen molar-refractivity contribution in [2.45, 2.75) is 58.9 Å². The number of nitrogens with zero attached hydrogens (tertiary/aromatic N) is 1. The predicted octanol–water partition coefficient (Wildman–Crippen LogP) is 4.24. The molecule has 0 saturated carbocycles. The third-order valence-electron chi connectivity index (χ3n) is 4.88. The van der Waals surface area contributed by atoms with Gasteiger partial charge in [0.1, 0.15) is 0 Å². The van der Waals surface area contributed by atoms with Gasteiger partial charge in [-0.25, -0.2) is 0 Å². The zero-order valence-corrected chi connectivity index (χ0v) is 14.1. The monoisotopic (exact) mass is 288 g/mol. The molecule has 1 aromatic carbocycles. The number of anilines is 1. The molecular formula is C19H32N2. The molecule has 2 atom stereocenters. The summed E-state index contributed by atoms with van der Waals surface area (Å²) in [6, 6.07) is 9.91. The fraction of sp³-hybridized carbons (Fsp3) is 0.684. The molecule has 2 unspecified atom stereocenters. The van der Waals surface area contributed by atoms with E-state index in [1.807, 2.05) is 0 Å². The molecule has 2 heteroatoms. The van der Waals surface area contributed by atoms with Crippen LogP contribution in [0, 0.1) is 5.92 Å². The molecule has 1 aromatic rings. The molecule has 1 fully saturated rings. The van der Waals surface area contributed by atoms with Crippen molar-refractivity contribution in [2.75, 3.05) is 24.5 Å². The van der Waals surface area contributed by atoms with Gasteiger partial charge in [0.2, 0.25) is 0 Å². The van der Waals surface area contributed by atoms with E-state index in [1.165, 1.54) is 49.9 Å². The highest BCUT2D eigenvalue weighted by Gasteiger charge is 2.21. The third kappa shape index (κ3) is 4.74. The van der Waals surface area contributed by atoms with Crippen molar-refractivity contribution >= 4 is 5.69 Å². The minimum Gasteiger partial charge on any atom is -0.370 e. The second-order valence-electron chi connectivity index (χ2n) is 6.52. The van der Waals surface area contributed by atoms with Gasteiger partial charge in [-0.05, 0) is 49.4 Å². The fourth-order valence-electron chi connectivity index (χ4n) is 3.11. The van der Waals surface area contributed by atoms with E-state index < -0.39 is 0 Å². The lowest BCUT2D eigenvalue weighted by Gasteiger charge is -2.29. The zero-order valence-electron chi connectivity index (χ0n) is 14.1. The highest BCUT2D eigenvalue weighted by Crippen LogP contribution is 2.20. The number of benzene rings is 1. The van der Waals surface area contributed by atoms with Crippen LogP contribution in [0.2, 0.25) is 0 Å². The summed E-state index contributed by atoms with van der Waals surface area (Å²) >= 11 is 0. The molecule has 0 aliphatic carbocycles. The first kappa shape index (κ1) is 16.4. The van der Waals surface area contributed by atoms with Gasteiger partial charge in [-0.1, -0.05) is 45.7 Å². The average Bonchev–Trinajstić information content (AvgIpc) is 2.79. The van der Waals surface area contributed by atoms with E-state index in [0.29, 0.717) is 6.04 Å². The Bertz CT molecular complexity index is 399. The Morgan fingerprint density at radius 1 is 1.24 bits per heavy atom. The Kier molecular flexibility index (Phi) is 6.56. The molecule has 1 saturated heterocycles. The van der Waals surface area contributed by atoms with Crippen molar-refractivity contribution in [3.63, 3.8) is 0 Å². The topological polar surface area (TPSA) is 15.3 Å². The first-order chi connectivity index (χ1) is 10.2. The number of unbranched alkanes of at least 4 members (excludes halogenated alkanes) is 1. The van der Waals surface area contributed by atoms with Gasteiger partial charge in [-0.3, -0.25) is 0 Å². The summed E-state index contributed by atoms with van der Waals surface area (Å²) in [5, 5.41) is 3.73. The summed E-state index contributed by atoms with van der Waals surface area (Å²) in [4.78, 5) is 2.57. The van der Waals surface area contributed by atoms with Gasteiger partial charge in [-0.2, -0.15) is 0 Å². The first-order valence-corrected chi connectivity index (χ1v) is 8.81. The zero-order chi connectivity index (χ0) is 15.1. The molecule has 0 bridgehead atoms. The smallest absolute Gasteiger partial charge is 0.0366 e. The van der Waals surface area contributed by atoms with E-state index in [2.05, 4.69) is 55.3 Å². The molecular weight excluding hydrogens is 256 g/mol. The van der Waals surface area contributed by atoms with Crippen molar-refractivity contribution in [1.29, 1.82) is 0 Å². The number of aryl methyl sites for hydroxylation is 1. The molecule has 1 N–H and O–H groups in total. The second-order valence-corrected chi connectivity index (χ2v) is 6.52. The maximum Gasteiger partial charge on any atom is 0.0366 e. The van der Waals surface area contributed by atoms with Crippen LogP contribution in [0.1, 0.15) is 52.0 Å². The Labute approximate surface area is 130 Å². The maximum absolute atomic E-state index is 3.73. The van der Waals surface area contributed by atoms with E-state index in [1.54, 1.807) is 0 Å². The van der Waals surface area contributed by atoms with E-state index in [9.17, 15) is 0 Å². The minimum absolute atomic E-state index is 0.622. The van der Waals surface area contributed by atoms with E-state index >= 15 is 0 Å². The Morgan fingerprint density at radius 2 is 2.00 bits per heavy atom. The Hall–Kier alpha value is -1.02. The van der Waals surface area contributed by atoms with Crippen molar-refractivity contribution in [3.05, 3.63) is 29.8 Å². The Balaban J connectivity index is 2.01. The maximum atomic E-state index is 3.73. The van der Waals surface area contributed by atoms with E-state index in [-0.39, 0.29) is 0 Å². The molecule has 1 aliphatic rings. The quantitative estimate of drug-likeness (QED) is 0.842. The molecule has 118 valence electrons. The van der Waals surface area contributed by atoms with Crippen LogP contribution in [0.15, 0.2) is 24.3 Å². The van der Waals surface area contributed by atoms with Crippen molar-refractivity contribution in [1.82, 2.24) is 5.32 Å². The van der Waals surface area contributed by atoms with Crippen LogP contribution in [0.25, 0.3) is 0 Å². The van der Waals surface area contributed by atoms with Crippen LogP contribution in [0.4, 0.5) is 5.69 Å². The highest BCUT2D eigenvalue weighted by atomic mass is 15.2. The summed E-state index contributed by atoms with van der Waals surface area (Å²) in [6.07, 6.45) is 6.28. The van der Waals surface area contributed by atoms with Gasteiger partial charge in [0.25, 0.3) is 0 Å². The number of hydrogen-bond donors (Lipinski definition) is 1. The van der Waals surface area contributed by atoms with E-state index in [0.717, 1.165) is 19.0 Å². The molecule has 0 aromatic heterocycles. The fourth-order valence-corrected chi connectivity index (χ4v) is 3.11. The van der Waals surface area contributed by atoms with Crippen molar-refractivity contribution in [2.24, 2.45) is 5.92 Å². The van der Waals surface area contributed by atoms with Crippen LogP contribution < -0.4 is 10.2 Å². The first-order valence-electron chi connectivity index (χ1n) is 8.81. The SMILES string of the molecule is CCCCc1ccc(N2CCCNC(C(C)CC)C2)cc1. The van der Waals surface area contributed by atoms with Crippen LogP contribution in [0.3, 0.4) is 0 Å². The van der Waals surface area contributed by atoms with Crippen molar-refractivity contribution in [3.8, 4) is 0 Å². The lowest BCUT2D eigenvalue weighted by Crippen LogP contribution is -2.42. The molecule has 21 heavy (non-hydrogen) atoms. The van der Waals surface area contributed by atoms with Gasteiger partial charge < -0.3 is 10.2 Å². The van der Waals surface area contributed by atoms with Gasteiger partial charge in [0.15, 0.2) is 0 Å². The van der Waals surface area contributed by atoms with Gasteiger partial charge >= 0.3 is 0 Å². The van der Waals surface area contributed by atoms with Crippen LogP contribution >= 0.6 is 0 Å². The standard InChI is InChI=1S/C19H32N2/c1-4-6-8-17-9-11-18(12-10-17)21-14-7-13-20-19(15-21)16(3)5-2/h9-12,16,19-20H,4-8,13-15H2,1-3H3. The molecule has 0 amide bonds. The summed E-state index contributed by atoms with van der Waals surface area (Å²) in [5.41, 5.74) is 2.87. The minimum atomic E-state index is 0.622. The molecule has 1 aliphatic heterocycles. The largest absolute Gasteiger partial charge is 0.370 e.